The first-order chi connectivity index (χ1) is 8.33. The monoisotopic (exact) mass is 235 g/mol. The fourth-order valence-corrected chi connectivity index (χ4v) is 1.95. The summed E-state index contributed by atoms with van der Waals surface area (Å²) >= 11 is 0. The molecule has 0 spiro atoms. The number of para-hydroxylation sites is 2. The fraction of sp³-hybridized carbons (Fsp3) is 0.462. The van der Waals surface area contributed by atoms with E-state index in [-0.39, 0.29) is 12.5 Å². The highest BCUT2D eigenvalue weighted by molar-refractivity contribution is 5.94. The van der Waals surface area contributed by atoms with Gasteiger partial charge in [0.1, 0.15) is 5.75 Å². The second-order valence-corrected chi connectivity index (χ2v) is 4.04. The van der Waals surface area contributed by atoms with E-state index in [0.29, 0.717) is 26.0 Å². The van der Waals surface area contributed by atoms with E-state index in [1.54, 1.807) is 4.90 Å². The van der Waals surface area contributed by atoms with E-state index < -0.39 is 0 Å². The van der Waals surface area contributed by atoms with Crippen LogP contribution in [0.25, 0.3) is 0 Å². The highest BCUT2D eigenvalue weighted by Gasteiger charge is 2.20. The zero-order valence-corrected chi connectivity index (χ0v) is 9.76. The first-order valence-electron chi connectivity index (χ1n) is 5.96. The van der Waals surface area contributed by atoms with Crippen molar-refractivity contribution in [3.05, 3.63) is 24.3 Å². The first kappa shape index (κ1) is 11.9. The Morgan fingerprint density at radius 1 is 1.41 bits per heavy atom. The minimum atomic E-state index is 0.0528. The van der Waals surface area contributed by atoms with Gasteiger partial charge < -0.3 is 14.7 Å². The molecule has 1 aliphatic heterocycles. The molecule has 92 valence electrons. The van der Waals surface area contributed by atoms with Crippen LogP contribution in [0.2, 0.25) is 0 Å². The van der Waals surface area contributed by atoms with Gasteiger partial charge in [-0.3, -0.25) is 4.79 Å². The van der Waals surface area contributed by atoms with E-state index in [1.165, 1.54) is 0 Å². The van der Waals surface area contributed by atoms with Crippen molar-refractivity contribution in [3.63, 3.8) is 0 Å². The minimum Gasteiger partial charge on any atom is -0.491 e. The summed E-state index contributed by atoms with van der Waals surface area (Å²) in [7, 11) is 0. The molecule has 0 atom stereocenters. The molecule has 0 radical (unpaired) electrons. The molecule has 0 aromatic heterocycles. The molecule has 1 heterocycles. The number of aliphatic hydroxyl groups is 1. The van der Waals surface area contributed by atoms with Crippen LogP contribution >= 0.6 is 0 Å². The van der Waals surface area contributed by atoms with E-state index in [1.807, 2.05) is 24.3 Å². The van der Waals surface area contributed by atoms with Gasteiger partial charge in [-0.2, -0.15) is 0 Å². The molecule has 1 aliphatic rings. The highest BCUT2D eigenvalue weighted by Crippen LogP contribution is 2.30. The third kappa shape index (κ3) is 2.77. The van der Waals surface area contributed by atoms with Gasteiger partial charge in [-0.05, 0) is 25.0 Å². The van der Waals surface area contributed by atoms with Crippen LogP contribution in [0.3, 0.4) is 0 Å². The van der Waals surface area contributed by atoms with Crippen molar-refractivity contribution in [1.82, 2.24) is 0 Å². The molecule has 4 nitrogen and oxygen atoms in total. The molecule has 1 aromatic rings. The van der Waals surface area contributed by atoms with Crippen molar-refractivity contribution in [1.29, 1.82) is 0 Å². The number of ether oxygens (including phenoxy) is 1. The second kappa shape index (κ2) is 5.68. The summed E-state index contributed by atoms with van der Waals surface area (Å²) in [4.78, 5) is 13.8. The Bertz CT molecular complexity index is 392. The van der Waals surface area contributed by atoms with Crippen molar-refractivity contribution in [2.24, 2.45) is 0 Å². The topological polar surface area (TPSA) is 49.8 Å². The zero-order chi connectivity index (χ0) is 12.1. The Labute approximate surface area is 101 Å². The zero-order valence-electron chi connectivity index (χ0n) is 9.76. The molecule has 1 amide bonds. The van der Waals surface area contributed by atoms with E-state index in [0.717, 1.165) is 17.9 Å². The number of anilines is 1. The molecule has 0 unspecified atom stereocenters. The maximum absolute atomic E-state index is 12.0. The molecule has 0 bridgehead atoms. The van der Waals surface area contributed by atoms with Gasteiger partial charge in [-0.15, -0.1) is 0 Å². The Kier molecular flexibility index (Phi) is 3.98. The number of benzene rings is 1. The van der Waals surface area contributed by atoms with Gasteiger partial charge in [-0.25, -0.2) is 0 Å². The molecule has 2 rings (SSSR count). The van der Waals surface area contributed by atoms with Gasteiger partial charge in [0.05, 0.1) is 12.3 Å². The molecule has 17 heavy (non-hydrogen) atoms. The molecule has 0 fully saturated rings. The number of nitrogens with zero attached hydrogens (tertiary/aromatic N) is 1. The number of aliphatic hydroxyl groups excluding tert-OH is 1. The molecular weight excluding hydrogens is 218 g/mol. The predicted octanol–water partition coefficient (Wildman–Crippen LogP) is 1.57. The first-order valence-corrected chi connectivity index (χ1v) is 5.96. The molecule has 1 N–H and O–H groups in total. The van der Waals surface area contributed by atoms with Gasteiger partial charge in [0, 0.05) is 19.6 Å². The van der Waals surface area contributed by atoms with Crippen molar-refractivity contribution < 1.29 is 14.6 Å². The third-order valence-corrected chi connectivity index (χ3v) is 2.79. The van der Waals surface area contributed by atoms with Crippen LogP contribution in [0.4, 0.5) is 5.69 Å². The lowest BCUT2D eigenvalue weighted by Crippen LogP contribution is -2.31. The summed E-state index contributed by atoms with van der Waals surface area (Å²) in [6.07, 6.45) is 1.72. The molecule has 0 saturated heterocycles. The van der Waals surface area contributed by atoms with Crippen molar-refractivity contribution in [3.8, 4) is 5.75 Å². The molecular formula is C13H17NO3. The van der Waals surface area contributed by atoms with Crippen LogP contribution in [0.15, 0.2) is 24.3 Å². The standard InChI is InChI=1S/C13H17NO3/c15-9-3-7-13(16)14-8-4-10-17-12-6-2-1-5-11(12)14/h1-2,5-6,15H,3-4,7-10H2. The number of hydrogen-bond donors (Lipinski definition) is 1. The maximum Gasteiger partial charge on any atom is 0.227 e. The van der Waals surface area contributed by atoms with E-state index >= 15 is 0 Å². The summed E-state index contributed by atoms with van der Waals surface area (Å²) in [6, 6.07) is 7.59. The number of fused-ring (bicyclic) bond motifs is 1. The SMILES string of the molecule is O=C(CCCO)N1CCCOc2ccccc21. The average Bonchev–Trinajstić information content (AvgIpc) is 2.58. The molecule has 0 saturated carbocycles. The number of rotatable bonds is 3. The van der Waals surface area contributed by atoms with Crippen LogP contribution in [0, 0.1) is 0 Å². The number of amides is 1. The van der Waals surface area contributed by atoms with E-state index in [4.69, 9.17) is 9.84 Å². The van der Waals surface area contributed by atoms with Crippen LogP contribution in [0.1, 0.15) is 19.3 Å². The highest BCUT2D eigenvalue weighted by atomic mass is 16.5. The molecule has 1 aromatic carbocycles. The quantitative estimate of drug-likeness (QED) is 0.865. The summed E-state index contributed by atoms with van der Waals surface area (Å²) in [5.41, 5.74) is 0.841. The second-order valence-electron chi connectivity index (χ2n) is 4.04. The lowest BCUT2D eigenvalue weighted by atomic mass is 10.2. The molecule has 0 aliphatic carbocycles. The van der Waals surface area contributed by atoms with Gasteiger partial charge in [-0.1, -0.05) is 12.1 Å². The number of hydrogen-bond acceptors (Lipinski definition) is 3. The lowest BCUT2D eigenvalue weighted by Gasteiger charge is -2.21. The van der Waals surface area contributed by atoms with Gasteiger partial charge in [0.15, 0.2) is 0 Å². The van der Waals surface area contributed by atoms with Crippen LogP contribution in [-0.2, 0) is 4.79 Å². The third-order valence-electron chi connectivity index (χ3n) is 2.79. The summed E-state index contributed by atoms with van der Waals surface area (Å²) in [5.74, 6) is 0.819. The summed E-state index contributed by atoms with van der Waals surface area (Å²) < 4.78 is 5.59. The van der Waals surface area contributed by atoms with Crippen LogP contribution < -0.4 is 9.64 Å². The molecule has 4 heteroatoms. The van der Waals surface area contributed by atoms with Crippen molar-refractivity contribution >= 4 is 11.6 Å². The van der Waals surface area contributed by atoms with Crippen molar-refractivity contribution in [2.75, 3.05) is 24.7 Å². The van der Waals surface area contributed by atoms with E-state index in [9.17, 15) is 4.79 Å². The Balaban J connectivity index is 2.19. The minimum absolute atomic E-state index is 0.0528. The van der Waals surface area contributed by atoms with Crippen LogP contribution in [-0.4, -0.2) is 30.8 Å². The van der Waals surface area contributed by atoms with Gasteiger partial charge >= 0.3 is 0 Å². The summed E-state index contributed by atoms with van der Waals surface area (Å²) in [5, 5.41) is 8.77. The Morgan fingerprint density at radius 2 is 2.24 bits per heavy atom. The van der Waals surface area contributed by atoms with Gasteiger partial charge in [0.25, 0.3) is 0 Å². The largest absolute Gasteiger partial charge is 0.491 e. The number of carbonyl (C=O) groups excluding carboxylic acids is 1. The Morgan fingerprint density at radius 3 is 3.06 bits per heavy atom. The smallest absolute Gasteiger partial charge is 0.227 e. The predicted molar refractivity (Wildman–Crippen MR) is 65.2 cm³/mol. The van der Waals surface area contributed by atoms with Crippen molar-refractivity contribution in [2.45, 2.75) is 19.3 Å². The fourth-order valence-electron chi connectivity index (χ4n) is 1.95. The summed E-state index contributed by atoms with van der Waals surface area (Å²) in [6.45, 7) is 1.37. The van der Waals surface area contributed by atoms with Gasteiger partial charge in [0.2, 0.25) is 5.91 Å². The normalized spacial score (nSPS) is 14.8. The lowest BCUT2D eigenvalue weighted by molar-refractivity contribution is -0.118. The van der Waals surface area contributed by atoms with E-state index in [2.05, 4.69) is 0 Å². The number of carbonyl (C=O) groups is 1. The average molecular weight is 235 g/mol. The van der Waals surface area contributed by atoms with Crippen LogP contribution in [0.5, 0.6) is 5.75 Å². The maximum atomic E-state index is 12.0. The Hall–Kier alpha value is -1.55.